The number of nitrogen functional groups attached to an aromatic ring is 1. The Labute approximate surface area is 104 Å². The number of ether oxygens (including phenoxy) is 1. The second-order valence-electron chi connectivity index (χ2n) is 4.00. The molecule has 0 saturated heterocycles. The Balaban J connectivity index is 2.63. The summed E-state index contributed by atoms with van der Waals surface area (Å²) in [5, 5.41) is 0.513. The molecule has 18 heavy (non-hydrogen) atoms. The molecule has 0 saturated carbocycles. The Morgan fingerprint density at radius 2 is 2.22 bits per heavy atom. The van der Waals surface area contributed by atoms with Crippen LogP contribution in [-0.4, -0.2) is 18.1 Å². The van der Waals surface area contributed by atoms with Crippen LogP contribution in [0.2, 0.25) is 0 Å². The molecule has 2 aromatic rings. The summed E-state index contributed by atoms with van der Waals surface area (Å²) in [4.78, 5) is 15.6. The number of nitrogens with two attached hydrogens (primary N) is 1. The summed E-state index contributed by atoms with van der Waals surface area (Å²) in [6.07, 6.45) is 0.0353. The minimum atomic E-state index is -0.401. The van der Waals surface area contributed by atoms with Crippen LogP contribution < -0.4 is 5.73 Å². The monoisotopic (exact) mass is 248 g/mol. The van der Waals surface area contributed by atoms with E-state index < -0.39 is 5.97 Å². The summed E-state index contributed by atoms with van der Waals surface area (Å²) in [7, 11) is 1.31. The highest BCUT2D eigenvalue weighted by molar-refractivity contribution is 5.93. The van der Waals surface area contributed by atoms with Crippen LogP contribution in [0.5, 0.6) is 0 Å². The molecule has 0 spiro atoms. The number of carbonyl (C=O) groups is 1. The first kappa shape index (κ1) is 12.3. The van der Waals surface area contributed by atoms with Crippen molar-refractivity contribution in [3.8, 4) is 0 Å². The van der Waals surface area contributed by atoms with E-state index in [4.69, 9.17) is 5.73 Å². The largest absolute Gasteiger partial charge is 0.469 e. The van der Waals surface area contributed by atoms with Crippen molar-refractivity contribution >= 4 is 22.6 Å². The molecule has 5 heteroatoms. The van der Waals surface area contributed by atoms with Gasteiger partial charge in [0.2, 0.25) is 0 Å². The third-order valence-corrected chi connectivity index (χ3v) is 2.85. The number of pyridine rings is 1. The topological polar surface area (TPSA) is 65.2 Å². The maximum absolute atomic E-state index is 13.2. The molecular formula is C13H13FN2O2. The first-order valence-corrected chi connectivity index (χ1v) is 5.44. The molecule has 2 rings (SSSR count). The van der Waals surface area contributed by atoms with E-state index in [9.17, 15) is 9.18 Å². The molecule has 0 unspecified atom stereocenters. The van der Waals surface area contributed by atoms with Gasteiger partial charge in [0.05, 0.1) is 19.0 Å². The van der Waals surface area contributed by atoms with Gasteiger partial charge >= 0.3 is 5.97 Å². The molecule has 0 aliphatic carbocycles. The Hall–Kier alpha value is -2.17. The highest BCUT2D eigenvalue weighted by atomic mass is 19.1. The van der Waals surface area contributed by atoms with Crippen molar-refractivity contribution in [1.29, 1.82) is 0 Å². The summed E-state index contributed by atoms with van der Waals surface area (Å²) in [6, 6.07) is 4.21. The van der Waals surface area contributed by atoms with Crippen molar-refractivity contribution in [3.63, 3.8) is 0 Å². The lowest BCUT2D eigenvalue weighted by atomic mass is 10.0. The van der Waals surface area contributed by atoms with E-state index >= 15 is 0 Å². The van der Waals surface area contributed by atoms with Gasteiger partial charge in [0.1, 0.15) is 5.82 Å². The van der Waals surface area contributed by atoms with Crippen LogP contribution in [0.15, 0.2) is 18.2 Å². The number of aryl methyl sites for hydroxylation is 1. The van der Waals surface area contributed by atoms with Gasteiger partial charge in [0, 0.05) is 22.3 Å². The number of methoxy groups -OCH3 is 1. The Morgan fingerprint density at radius 1 is 1.50 bits per heavy atom. The Kier molecular flexibility index (Phi) is 3.14. The summed E-state index contributed by atoms with van der Waals surface area (Å²) in [5.74, 6) is -0.786. The number of halogens is 1. The number of rotatable bonds is 2. The maximum Gasteiger partial charge on any atom is 0.310 e. The normalized spacial score (nSPS) is 10.6. The van der Waals surface area contributed by atoms with Gasteiger partial charge in [-0.2, -0.15) is 0 Å². The van der Waals surface area contributed by atoms with Gasteiger partial charge in [0.15, 0.2) is 0 Å². The van der Waals surface area contributed by atoms with Crippen molar-refractivity contribution in [2.75, 3.05) is 12.8 Å². The molecule has 0 aliphatic heterocycles. The van der Waals surface area contributed by atoms with Crippen LogP contribution in [0.25, 0.3) is 10.9 Å². The lowest BCUT2D eigenvalue weighted by molar-refractivity contribution is -0.139. The number of aromatic nitrogens is 1. The van der Waals surface area contributed by atoms with Gasteiger partial charge in [-0.3, -0.25) is 9.78 Å². The zero-order valence-electron chi connectivity index (χ0n) is 10.2. The first-order valence-electron chi connectivity index (χ1n) is 5.44. The minimum absolute atomic E-state index is 0.0353. The highest BCUT2D eigenvalue weighted by Gasteiger charge is 2.14. The van der Waals surface area contributed by atoms with E-state index in [1.807, 2.05) is 0 Å². The van der Waals surface area contributed by atoms with Gasteiger partial charge in [0.25, 0.3) is 0 Å². The second kappa shape index (κ2) is 4.60. The summed E-state index contributed by atoms with van der Waals surface area (Å²) >= 11 is 0. The number of carbonyl (C=O) groups excluding carboxylic acids is 1. The van der Waals surface area contributed by atoms with Crippen LogP contribution >= 0.6 is 0 Å². The van der Waals surface area contributed by atoms with E-state index in [0.717, 1.165) is 0 Å². The van der Waals surface area contributed by atoms with Crippen molar-refractivity contribution in [3.05, 3.63) is 35.3 Å². The lowest BCUT2D eigenvalue weighted by Gasteiger charge is -2.11. The number of hydrogen-bond donors (Lipinski definition) is 1. The van der Waals surface area contributed by atoms with E-state index in [0.29, 0.717) is 27.8 Å². The third-order valence-electron chi connectivity index (χ3n) is 2.85. The van der Waals surface area contributed by atoms with Crippen molar-refractivity contribution in [2.45, 2.75) is 13.3 Å². The van der Waals surface area contributed by atoms with Crippen LogP contribution in [0, 0.1) is 12.7 Å². The van der Waals surface area contributed by atoms with Gasteiger partial charge in [-0.1, -0.05) is 0 Å². The average molecular weight is 248 g/mol. The van der Waals surface area contributed by atoms with Gasteiger partial charge in [-0.25, -0.2) is 4.39 Å². The molecule has 1 aromatic carbocycles. The fraction of sp³-hybridized carbons (Fsp3) is 0.231. The van der Waals surface area contributed by atoms with E-state index in [2.05, 4.69) is 9.72 Å². The summed E-state index contributed by atoms with van der Waals surface area (Å²) in [5.41, 5.74) is 8.20. The molecule has 0 aliphatic rings. The second-order valence-corrected chi connectivity index (χ2v) is 4.00. The smallest absolute Gasteiger partial charge is 0.310 e. The van der Waals surface area contributed by atoms with Gasteiger partial charge in [-0.05, 0) is 25.1 Å². The number of anilines is 1. The van der Waals surface area contributed by atoms with Crippen LogP contribution in [0.4, 0.5) is 10.1 Å². The predicted octanol–water partition coefficient (Wildman–Crippen LogP) is 1.98. The van der Waals surface area contributed by atoms with E-state index in [-0.39, 0.29) is 12.2 Å². The van der Waals surface area contributed by atoms with Crippen molar-refractivity contribution < 1.29 is 13.9 Å². The summed E-state index contributed by atoms with van der Waals surface area (Å²) in [6.45, 7) is 1.76. The molecule has 4 nitrogen and oxygen atoms in total. The quantitative estimate of drug-likeness (QED) is 0.825. The standard InChI is InChI=1S/C13H13FN2O2/c1-7-9(6-12(17)18-2)13(15)10-5-8(14)3-4-11(10)16-7/h3-5H,6H2,1-2H3,(H2,15,16). The van der Waals surface area contributed by atoms with Crippen LogP contribution in [-0.2, 0) is 16.0 Å². The molecule has 0 atom stereocenters. The average Bonchev–Trinajstić information content (AvgIpc) is 2.35. The molecule has 94 valence electrons. The van der Waals surface area contributed by atoms with Gasteiger partial charge < -0.3 is 10.5 Å². The van der Waals surface area contributed by atoms with Crippen molar-refractivity contribution in [1.82, 2.24) is 4.98 Å². The highest BCUT2D eigenvalue weighted by Crippen LogP contribution is 2.26. The molecule has 1 heterocycles. The zero-order chi connectivity index (χ0) is 13.3. The molecular weight excluding hydrogens is 235 g/mol. The Morgan fingerprint density at radius 3 is 2.89 bits per heavy atom. The maximum atomic E-state index is 13.2. The minimum Gasteiger partial charge on any atom is -0.469 e. The van der Waals surface area contributed by atoms with Crippen LogP contribution in [0.1, 0.15) is 11.3 Å². The number of hydrogen-bond acceptors (Lipinski definition) is 4. The fourth-order valence-electron chi connectivity index (χ4n) is 1.87. The summed E-state index contributed by atoms with van der Waals surface area (Å²) < 4.78 is 17.8. The van der Waals surface area contributed by atoms with E-state index in [1.165, 1.54) is 19.2 Å². The molecule has 0 amide bonds. The van der Waals surface area contributed by atoms with Gasteiger partial charge in [-0.15, -0.1) is 0 Å². The number of fused-ring (bicyclic) bond motifs is 1. The molecule has 0 bridgehead atoms. The number of esters is 1. The van der Waals surface area contributed by atoms with Crippen LogP contribution in [0.3, 0.4) is 0 Å². The molecule has 0 fully saturated rings. The molecule has 0 radical (unpaired) electrons. The number of nitrogens with zero attached hydrogens (tertiary/aromatic N) is 1. The third kappa shape index (κ3) is 2.11. The SMILES string of the molecule is COC(=O)Cc1c(C)nc2ccc(F)cc2c1N. The zero-order valence-corrected chi connectivity index (χ0v) is 10.2. The van der Waals surface area contributed by atoms with Crippen molar-refractivity contribution in [2.24, 2.45) is 0 Å². The Bertz CT molecular complexity index is 626. The molecule has 2 N–H and O–H groups in total. The van der Waals surface area contributed by atoms with E-state index in [1.54, 1.807) is 13.0 Å². The predicted molar refractivity (Wildman–Crippen MR) is 66.6 cm³/mol. The first-order chi connectivity index (χ1) is 8.52. The lowest BCUT2D eigenvalue weighted by Crippen LogP contribution is -2.10. The molecule has 1 aromatic heterocycles. The fourth-order valence-corrected chi connectivity index (χ4v) is 1.87. The number of benzene rings is 1.